The number of carbonyl (C=O) groups is 2. The predicted molar refractivity (Wildman–Crippen MR) is 82.5 cm³/mol. The number of carbonyl (C=O) groups excluding carboxylic acids is 2. The monoisotopic (exact) mass is 354 g/mol. The van der Waals surface area contributed by atoms with Crippen LogP contribution >= 0.6 is 0 Å². The molecule has 6 nitrogen and oxygen atoms in total. The number of benzene rings is 2. The van der Waals surface area contributed by atoms with Crippen molar-refractivity contribution < 1.29 is 26.8 Å². The number of sulfone groups is 1. The van der Waals surface area contributed by atoms with E-state index >= 15 is 0 Å². The summed E-state index contributed by atoms with van der Waals surface area (Å²) in [7, 11) is -4.70. The van der Waals surface area contributed by atoms with Crippen molar-refractivity contribution >= 4 is 27.3 Å². The van der Waals surface area contributed by atoms with Crippen LogP contribution in [0.25, 0.3) is 0 Å². The molecule has 0 bridgehead atoms. The van der Waals surface area contributed by atoms with Gasteiger partial charge in [0.15, 0.2) is 0 Å². The van der Waals surface area contributed by atoms with Gasteiger partial charge in [0, 0.05) is 16.8 Å². The average Bonchev–Trinajstić information content (AvgIpc) is 2.55. The Morgan fingerprint density at radius 3 is 1.88 bits per heavy atom. The molecule has 2 amide bonds. The van der Waals surface area contributed by atoms with Crippen LogP contribution in [0.4, 0.5) is 14.5 Å². The van der Waals surface area contributed by atoms with Crippen LogP contribution in [0.15, 0.2) is 53.4 Å². The summed E-state index contributed by atoms with van der Waals surface area (Å²) in [5, 5.41) is 2.52. The van der Waals surface area contributed by atoms with E-state index in [4.69, 9.17) is 5.73 Å². The first-order valence-electron chi connectivity index (χ1n) is 6.55. The van der Waals surface area contributed by atoms with Gasteiger partial charge in [0.2, 0.25) is 15.7 Å². The van der Waals surface area contributed by atoms with Crippen molar-refractivity contribution in [3.05, 3.63) is 59.7 Å². The van der Waals surface area contributed by atoms with Gasteiger partial charge in [0.1, 0.15) is 0 Å². The topological polar surface area (TPSA) is 106 Å². The Labute approximate surface area is 136 Å². The van der Waals surface area contributed by atoms with Crippen molar-refractivity contribution in [2.75, 3.05) is 5.32 Å². The Hall–Kier alpha value is -2.81. The molecule has 0 heterocycles. The van der Waals surface area contributed by atoms with Crippen molar-refractivity contribution in [2.45, 2.75) is 10.7 Å². The number of nitrogens with two attached hydrogens (primary N) is 1. The van der Waals surface area contributed by atoms with Crippen LogP contribution in [-0.4, -0.2) is 26.0 Å². The van der Waals surface area contributed by atoms with E-state index in [1.807, 2.05) is 0 Å². The first kappa shape index (κ1) is 17.5. The van der Waals surface area contributed by atoms with Crippen LogP contribution in [-0.2, 0) is 9.84 Å². The summed E-state index contributed by atoms with van der Waals surface area (Å²) in [6.07, 6.45) is 0. The molecule has 2 aromatic rings. The van der Waals surface area contributed by atoms with E-state index in [1.54, 1.807) is 0 Å². The van der Waals surface area contributed by atoms with Crippen LogP contribution in [0, 0.1) is 0 Å². The molecule has 2 rings (SSSR count). The maximum absolute atomic E-state index is 12.4. The van der Waals surface area contributed by atoms with E-state index in [1.165, 1.54) is 24.3 Å². The van der Waals surface area contributed by atoms with E-state index < -0.39 is 32.3 Å². The molecule has 0 atom stereocenters. The van der Waals surface area contributed by atoms with E-state index in [0.717, 1.165) is 24.3 Å². The molecular weight excluding hydrogens is 342 g/mol. The molecule has 0 unspecified atom stereocenters. The first-order chi connectivity index (χ1) is 11.2. The Balaban J connectivity index is 2.14. The second kappa shape index (κ2) is 6.75. The van der Waals surface area contributed by atoms with Crippen LogP contribution in [0.3, 0.4) is 0 Å². The summed E-state index contributed by atoms with van der Waals surface area (Å²) in [4.78, 5) is 22.4. The highest BCUT2D eigenvalue weighted by atomic mass is 32.2. The van der Waals surface area contributed by atoms with E-state index in [2.05, 4.69) is 5.32 Å². The third-order valence-electron chi connectivity index (χ3n) is 3.11. The van der Waals surface area contributed by atoms with E-state index in [9.17, 15) is 26.8 Å². The lowest BCUT2D eigenvalue weighted by molar-refractivity contribution is 0.0998. The molecule has 126 valence electrons. The summed E-state index contributed by atoms with van der Waals surface area (Å²) >= 11 is 0. The smallest absolute Gasteiger partial charge is 0.341 e. The maximum Gasteiger partial charge on any atom is 0.341 e. The highest BCUT2D eigenvalue weighted by molar-refractivity contribution is 7.91. The number of hydrogen-bond acceptors (Lipinski definition) is 4. The number of alkyl halides is 2. The van der Waals surface area contributed by atoms with Gasteiger partial charge in [0.05, 0.1) is 4.90 Å². The zero-order chi connectivity index (χ0) is 17.9. The van der Waals surface area contributed by atoms with Gasteiger partial charge >= 0.3 is 5.76 Å². The fourth-order valence-electron chi connectivity index (χ4n) is 1.82. The predicted octanol–water partition coefficient (Wildman–Crippen LogP) is 2.03. The number of hydrogen-bond donors (Lipinski definition) is 2. The average molecular weight is 354 g/mol. The molecule has 24 heavy (non-hydrogen) atoms. The quantitative estimate of drug-likeness (QED) is 0.857. The molecule has 0 aromatic heterocycles. The minimum Gasteiger partial charge on any atom is -0.366 e. The van der Waals surface area contributed by atoms with Gasteiger partial charge in [-0.1, -0.05) is 0 Å². The van der Waals surface area contributed by atoms with Crippen molar-refractivity contribution in [2.24, 2.45) is 5.73 Å². The number of anilines is 1. The first-order valence-corrected chi connectivity index (χ1v) is 8.10. The van der Waals surface area contributed by atoms with Crippen molar-refractivity contribution in [3.63, 3.8) is 0 Å². The molecule has 0 saturated heterocycles. The number of rotatable bonds is 5. The summed E-state index contributed by atoms with van der Waals surface area (Å²) in [6.45, 7) is 0. The molecular formula is C15H12F2N2O4S. The van der Waals surface area contributed by atoms with Gasteiger partial charge in [-0.15, -0.1) is 0 Å². The summed E-state index contributed by atoms with van der Waals surface area (Å²) in [5.41, 5.74) is 5.84. The van der Waals surface area contributed by atoms with Crippen LogP contribution in [0.5, 0.6) is 0 Å². The molecule has 0 saturated carbocycles. The lowest BCUT2D eigenvalue weighted by atomic mass is 10.2. The number of primary amides is 1. The highest BCUT2D eigenvalue weighted by Crippen LogP contribution is 2.19. The number of halogens is 2. The van der Waals surface area contributed by atoms with Crippen LogP contribution in [0.1, 0.15) is 20.7 Å². The van der Waals surface area contributed by atoms with Crippen molar-refractivity contribution in [3.8, 4) is 0 Å². The zero-order valence-electron chi connectivity index (χ0n) is 12.1. The maximum atomic E-state index is 12.4. The minimum absolute atomic E-state index is 0.0854. The highest BCUT2D eigenvalue weighted by Gasteiger charge is 2.26. The molecule has 2 aromatic carbocycles. The second-order valence-corrected chi connectivity index (χ2v) is 6.64. The normalized spacial score (nSPS) is 11.3. The molecule has 0 fully saturated rings. The summed E-state index contributed by atoms with van der Waals surface area (Å²) in [5.74, 6) is -4.70. The second-order valence-electron chi connectivity index (χ2n) is 4.73. The van der Waals surface area contributed by atoms with Gasteiger partial charge < -0.3 is 11.1 Å². The molecule has 9 heteroatoms. The summed E-state index contributed by atoms with van der Waals surface area (Å²) < 4.78 is 47.5. The van der Waals surface area contributed by atoms with Gasteiger partial charge in [-0.3, -0.25) is 9.59 Å². The van der Waals surface area contributed by atoms with Crippen LogP contribution in [0.2, 0.25) is 0 Å². The van der Waals surface area contributed by atoms with Crippen molar-refractivity contribution in [1.29, 1.82) is 0 Å². The third kappa shape index (κ3) is 3.74. The lowest BCUT2D eigenvalue weighted by Gasteiger charge is -2.07. The van der Waals surface area contributed by atoms with Crippen LogP contribution < -0.4 is 11.1 Å². The largest absolute Gasteiger partial charge is 0.366 e. The Bertz CT molecular complexity index is 863. The van der Waals surface area contributed by atoms with E-state index in [-0.39, 0.29) is 11.1 Å². The lowest BCUT2D eigenvalue weighted by Crippen LogP contribution is -2.14. The SMILES string of the molecule is NC(=O)c1ccc(NC(=O)c2ccc(S(=O)(=O)C(F)F)cc2)cc1. The fourth-order valence-corrected chi connectivity index (χ4v) is 2.54. The van der Waals surface area contributed by atoms with Gasteiger partial charge in [-0.05, 0) is 48.5 Å². The minimum atomic E-state index is -4.70. The van der Waals surface area contributed by atoms with E-state index in [0.29, 0.717) is 5.69 Å². The third-order valence-corrected chi connectivity index (χ3v) is 4.51. The molecule has 0 spiro atoms. The Kier molecular flexibility index (Phi) is 4.93. The van der Waals surface area contributed by atoms with Gasteiger partial charge in [-0.2, -0.15) is 8.78 Å². The van der Waals surface area contributed by atoms with Gasteiger partial charge in [0.25, 0.3) is 5.91 Å². The Morgan fingerprint density at radius 2 is 1.42 bits per heavy atom. The molecule has 0 aliphatic rings. The summed E-state index contributed by atoms with van der Waals surface area (Å²) in [6, 6.07) is 9.91. The Morgan fingerprint density at radius 1 is 0.917 bits per heavy atom. The standard InChI is InChI=1S/C15H12F2N2O4S/c16-15(17)24(22,23)12-7-3-10(4-8-12)14(21)19-11-5-1-9(2-6-11)13(18)20/h1-8,15H,(H2,18,20)(H,19,21). The van der Waals surface area contributed by atoms with Crippen molar-refractivity contribution in [1.82, 2.24) is 0 Å². The molecule has 0 aliphatic heterocycles. The molecule has 0 aliphatic carbocycles. The fraction of sp³-hybridized carbons (Fsp3) is 0.0667. The molecule has 3 N–H and O–H groups in total. The van der Waals surface area contributed by atoms with Gasteiger partial charge in [-0.25, -0.2) is 8.42 Å². The molecule has 0 radical (unpaired) electrons. The zero-order valence-corrected chi connectivity index (χ0v) is 12.9. The number of nitrogens with one attached hydrogen (secondary N) is 1. The number of amides is 2.